The molecule has 2 nitrogen and oxygen atoms in total. The van der Waals surface area contributed by atoms with E-state index in [2.05, 4.69) is 199 Å². The van der Waals surface area contributed by atoms with E-state index in [-0.39, 0.29) is 0 Å². The van der Waals surface area contributed by atoms with Gasteiger partial charge in [0.15, 0.2) is 8.07 Å². The smallest absolute Gasteiger partial charge is 0.179 e. The normalized spacial score (nSPS) is 12.6. The standard InChI is InChI=1S/C50H34N2S2Si/c1-3-16-37(17-4-1)55(38-18-5-2-6-19-38,40-21-12-15-36(31-40)41-23-13-24-43-42-22-7-9-26-47(42)54-50(41)43)39-20-11-14-34(30-39)35-28-29-44-46(32-35)52-45-25-8-10-27-48(45)53-33-49(52)51-44/h1-32H,33H2. The second-order valence-electron chi connectivity index (χ2n) is 14.2. The quantitative estimate of drug-likeness (QED) is 0.124. The van der Waals surface area contributed by atoms with Gasteiger partial charge in [0, 0.05) is 25.1 Å². The Morgan fingerprint density at radius 2 is 1.11 bits per heavy atom. The molecule has 0 atom stereocenters. The maximum absolute atomic E-state index is 5.08. The van der Waals surface area contributed by atoms with E-state index in [0.717, 1.165) is 22.6 Å². The fourth-order valence-electron chi connectivity index (χ4n) is 8.78. The maximum Gasteiger partial charge on any atom is 0.179 e. The summed E-state index contributed by atoms with van der Waals surface area (Å²) in [5.41, 5.74) is 8.36. The minimum absolute atomic E-state index is 0.870. The van der Waals surface area contributed by atoms with Gasteiger partial charge in [-0.25, -0.2) is 4.98 Å². The number of fused-ring (bicyclic) bond motifs is 8. The van der Waals surface area contributed by atoms with Crippen LogP contribution in [0.1, 0.15) is 5.82 Å². The average Bonchev–Trinajstić information content (AvgIpc) is 3.84. The lowest BCUT2D eigenvalue weighted by Gasteiger charge is -2.35. The Kier molecular flexibility index (Phi) is 7.73. The Morgan fingerprint density at radius 3 is 1.91 bits per heavy atom. The fourth-order valence-corrected chi connectivity index (χ4v) is 15.8. The van der Waals surface area contributed by atoms with Crippen LogP contribution in [0.25, 0.3) is 59.1 Å². The van der Waals surface area contributed by atoms with Crippen molar-refractivity contribution >= 4 is 83.1 Å². The van der Waals surface area contributed by atoms with Crippen molar-refractivity contribution < 1.29 is 0 Å². The molecule has 2 aromatic heterocycles. The zero-order valence-electron chi connectivity index (χ0n) is 29.9. The number of nitrogens with zero attached hydrogens (tertiary/aromatic N) is 2. The van der Waals surface area contributed by atoms with Crippen molar-refractivity contribution in [2.75, 3.05) is 0 Å². The molecule has 0 fully saturated rings. The number of para-hydroxylation sites is 1. The summed E-state index contributed by atoms with van der Waals surface area (Å²) >= 11 is 3.76. The van der Waals surface area contributed by atoms with Crippen molar-refractivity contribution in [3.63, 3.8) is 0 Å². The van der Waals surface area contributed by atoms with Crippen LogP contribution in [0, 0.1) is 0 Å². The molecule has 5 heteroatoms. The summed E-state index contributed by atoms with van der Waals surface area (Å²) in [4.78, 5) is 6.38. The van der Waals surface area contributed by atoms with Crippen molar-refractivity contribution in [1.82, 2.24) is 9.55 Å². The van der Waals surface area contributed by atoms with Crippen LogP contribution in [0.3, 0.4) is 0 Å². The van der Waals surface area contributed by atoms with Crippen LogP contribution in [0.5, 0.6) is 0 Å². The molecule has 8 aromatic carbocycles. The van der Waals surface area contributed by atoms with Crippen LogP contribution in [-0.4, -0.2) is 17.6 Å². The van der Waals surface area contributed by atoms with Crippen LogP contribution < -0.4 is 20.7 Å². The highest BCUT2D eigenvalue weighted by molar-refractivity contribution is 7.98. The van der Waals surface area contributed by atoms with Crippen molar-refractivity contribution in [2.45, 2.75) is 10.6 Å². The summed E-state index contributed by atoms with van der Waals surface area (Å²) in [5.74, 6) is 1.98. The first kappa shape index (κ1) is 32.4. The van der Waals surface area contributed by atoms with Crippen LogP contribution >= 0.6 is 23.1 Å². The Bertz CT molecular complexity index is 3020. The van der Waals surface area contributed by atoms with E-state index in [0.29, 0.717) is 0 Å². The second kappa shape index (κ2) is 13.1. The Labute approximate surface area is 329 Å². The van der Waals surface area contributed by atoms with E-state index in [4.69, 9.17) is 4.98 Å². The number of benzene rings is 8. The highest BCUT2D eigenvalue weighted by atomic mass is 32.2. The zero-order valence-corrected chi connectivity index (χ0v) is 32.5. The van der Waals surface area contributed by atoms with Gasteiger partial charge in [0.25, 0.3) is 0 Å². The monoisotopic (exact) mass is 754 g/mol. The molecule has 10 aromatic rings. The first-order valence-corrected chi connectivity index (χ1v) is 22.5. The highest BCUT2D eigenvalue weighted by Gasteiger charge is 2.41. The Balaban J connectivity index is 1.13. The molecule has 0 saturated carbocycles. The van der Waals surface area contributed by atoms with E-state index < -0.39 is 8.07 Å². The largest absolute Gasteiger partial charge is 0.294 e. The van der Waals surface area contributed by atoms with E-state index >= 15 is 0 Å². The number of thiophene rings is 1. The van der Waals surface area contributed by atoms with Crippen LogP contribution in [0.4, 0.5) is 0 Å². The van der Waals surface area contributed by atoms with Gasteiger partial charge in [-0.05, 0) is 73.3 Å². The second-order valence-corrected chi connectivity index (χ2v) is 20.1. The van der Waals surface area contributed by atoms with E-state index in [1.165, 1.54) is 73.8 Å². The number of hydrogen-bond acceptors (Lipinski definition) is 3. The number of rotatable bonds is 6. The Hall–Kier alpha value is -5.98. The number of hydrogen-bond donors (Lipinski definition) is 0. The van der Waals surface area contributed by atoms with Crippen LogP contribution in [0.15, 0.2) is 199 Å². The molecule has 0 bridgehead atoms. The van der Waals surface area contributed by atoms with E-state index in [9.17, 15) is 0 Å². The summed E-state index contributed by atoms with van der Waals surface area (Å²) < 4.78 is 5.03. The molecule has 1 aliphatic rings. The molecule has 11 rings (SSSR count). The molecule has 0 radical (unpaired) electrons. The average molecular weight is 755 g/mol. The number of imidazole rings is 1. The summed E-state index contributed by atoms with van der Waals surface area (Å²) in [5, 5.41) is 8.11. The molecule has 0 N–H and O–H groups in total. The van der Waals surface area contributed by atoms with Crippen LogP contribution in [-0.2, 0) is 5.75 Å². The minimum atomic E-state index is -2.86. The molecule has 260 valence electrons. The lowest BCUT2D eigenvalue weighted by Crippen LogP contribution is -2.74. The summed E-state index contributed by atoms with van der Waals surface area (Å²) in [6, 6.07) is 72.4. The SMILES string of the molecule is c1ccc([Si](c2ccccc2)(c2cccc(-c3ccc4nc5n(c4c3)-c3ccccc3SC5)c2)c2cccc(-c3cccc4c3sc3ccccc34)c2)cc1. The molecular weight excluding hydrogens is 721 g/mol. The molecule has 0 amide bonds. The van der Waals surface area contributed by atoms with E-state index in [1.807, 2.05) is 23.1 Å². The maximum atomic E-state index is 5.08. The topological polar surface area (TPSA) is 17.8 Å². The molecule has 1 aliphatic heterocycles. The van der Waals surface area contributed by atoms with Crippen molar-refractivity contribution in [3.05, 3.63) is 200 Å². The lowest BCUT2D eigenvalue weighted by molar-refractivity contribution is 0.945. The zero-order chi connectivity index (χ0) is 36.3. The number of thioether (sulfide) groups is 1. The third-order valence-electron chi connectivity index (χ3n) is 11.2. The van der Waals surface area contributed by atoms with E-state index in [1.54, 1.807) is 0 Å². The first-order chi connectivity index (χ1) is 27.3. The van der Waals surface area contributed by atoms with Gasteiger partial charge in [0.2, 0.25) is 0 Å². The minimum Gasteiger partial charge on any atom is -0.294 e. The van der Waals surface area contributed by atoms with Crippen molar-refractivity contribution in [3.8, 4) is 27.9 Å². The van der Waals surface area contributed by atoms with Gasteiger partial charge in [0.05, 0.1) is 22.5 Å². The molecular formula is C50H34N2S2Si. The molecule has 3 heterocycles. The predicted octanol–water partition coefficient (Wildman–Crippen LogP) is 10.7. The van der Waals surface area contributed by atoms with Gasteiger partial charge in [-0.2, -0.15) is 0 Å². The summed E-state index contributed by atoms with van der Waals surface area (Å²) in [6.07, 6.45) is 0. The molecule has 55 heavy (non-hydrogen) atoms. The molecule has 0 unspecified atom stereocenters. The van der Waals surface area contributed by atoms with Crippen molar-refractivity contribution in [1.29, 1.82) is 0 Å². The third-order valence-corrected chi connectivity index (χ3v) is 18.3. The van der Waals surface area contributed by atoms with Gasteiger partial charge in [-0.3, -0.25) is 4.57 Å². The Morgan fingerprint density at radius 1 is 0.491 bits per heavy atom. The number of aromatic nitrogens is 2. The van der Waals surface area contributed by atoms with Gasteiger partial charge in [0.1, 0.15) is 5.82 Å². The first-order valence-electron chi connectivity index (χ1n) is 18.7. The lowest BCUT2D eigenvalue weighted by atomic mass is 10.0. The van der Waals surface area contributed by atoms with Crippen molar-refractivity contribution in [2.24, 2.45) is 0 Å². The molecule has 0 saturated heterocycles. The molecule has 0 aliphatic carbocycles. The summed E-state index contributed by atoms with van der Waals surface area (Å²) in [7, 11) is -2.86. The van der Waals surface area contributed by atoms with Gasteiger partial charge >= 0.3 is 0 Å². The fraction of sp³-hybridized carbons (Fsp3) is 0.0200. The summed E-state index contributed by atoms with van der Waals surface area (Å²) in [6.45, 7) is 0. The predicted molar refractivity (Wildman–Crippen MR) is 238 cm³/mol. The van der Waals surface area contributed by atoms with Gasteiger partial charge < -0.3 is 0 Å². The highest BCUT2D eigenvalue weighted by Crippen LogP contribution is 2.40. The van der Waals surface area contributed by atoms with Gasteiger partial charge in [-0.1, -0.05) is 164 Å². The van der Waals surface area contributed by atoms with Crippen LogP contribution in [0.2, 0.25) is 0 Å². The third kappa shape index (κ3) is 5.19. The van der Waals surface area contributed by atoms with Gasteiger partial charge in [-0.15, -0.1) is 23.1 Å². The molecule has 0 spiro atoms.